The van der Waals surface area contributed by atoms with Crippen LogP contribution >= 0.6 is 15.9 Å². The Morgan fingerprint density at radius 2 is 2.42 bits per heavy atom. The second-order valence-corrected chi connectivity index (χ2v) is 4.01. The van der Waals surface area contributed by atoms with Gasteiger partial charge in [-0.2, -0.15) is 5.26 Å². The summed E-state index contributed by atoms with van der Waals surface area (Å²) >= 11 is 3.32. The van der Waals surface area contributed by atoms with Crippen molar-refractivity contribution < 1.29 is 4.74 Å². The molecule has 0 aromatic heterocycles. The predicted molar refractivity (Wildman–Crippen MR) is 51.1 cm³/mol. The second kappa shape index (κ2) is 4.84. The average Bonchev–Trinajstić information content (AvgIpc) is 2.47. The summed E-state index contributed by atoms with van der Waals surface area (Å²) < 4.78 is 5.62. The van der Waals surface area contributed by atoms with Crippen molar-refractivity contribution in [1.29, 1.82) is 5.26 Å². The largest absolute Gasteiger partial charge is 0.375 e. The molecule has 1 saturated heterocycles. The van der Waals surface area contributed by atoms with Gasteiger partial charge in [-0.15, -0.1) is 0 Å². The summed E-state index contributed by atoms with van der Waals surface area (Å²) in [7, 11) is 0. The molecule has 0 spiro atoms. The minimum absolute atomic E-state index is 0.111. The van der Waals surface area contributed by atoms with Gasteiger partial charge in [0.05, 0.1) is 24.2 Å². The maximum absolute atomic E-state index is 8.72. The molecule has 3 unspecified atom stereocenters. The van der Waals surface area contributed by atoms with E-state index in [1.165, 1.54) is 0 Å². The van der Waals surface area contributed by atoms with E-state index >= 15 is 0 Å². The summed E-state index contributed by atoms with van der Waals surface area (Å²) in [6, 6.07) is 2.27. The van der Waals surface area contributed by atoms with Crippen LogP contribution in [0.25, 0.3) is 0 Å². The molecule has 0 amide bonds. The van der Waals surface area contributed by atoms with Crippen molar-refractivity contribution >= 4 is 15.9 Å². The van der Waals surface area contributed by atoms with E-state index in [1.54, 1.807) is 0 Å². The smallest absolute Gasteiger partial charge is 0.0665 e. The molecule has 1 rings (SSSR count). The Morgan fingerprint density at radius 3 is 2.83 bits per heavy atom. The number of hydrogen-bond donors (Lipinski definition) is 0. The van der Waals surface area contributed by atoms with E-state index < -0.39 is 0 Å². The van der Waals surface area contributed by atoms with Gasteiger partial charge in [0, 0.05) is 5.33 Å². The third kappa shape index (κ3) is 2.76. The molecule has 3 heteroatoms. The molecule has 0 aromatic rings. The first-order valence-corrected chi connectivity index (χ1v) is 5.49. The van der Waals surface area contributed by atoms with Crippen molar-refractivity contribution in [2.45, 2.75) is 38.4 Å². The van der Waals surface area contributed by atoms with Crippen molar-refractivity contribution in [2.75, 3.05) is 5.33 Å². The fourth-order valence-electron chi connectivity index (χ4n) is 1.53. The van der Waals surface area contributed by atoms with Gasteiger partial charge in [-0.1, -0.05) is 15.9 Å². The Morgan fingerprint density at radius 1 is 1.67 bits per heavy atom. The topological polar surface area (TPSA) is 33.0 Å². The summed E-state index contributed by atoms with van der Waals surface area (Å²) in [6.07, 6.45) is 3.86. The van der Waals surface area contributed by atoms with Crippen molar-refractivity contribution in [3.8, 4) is 6.07 Å². The van der Waals surface area contributed by atoms with E-state index in [0.717, 1.165) is 24.6 Å². The highest BCUT2D eigenvalue weighted by molar-refractivity contribution is 9.09. The maximum Gasteiger partial charge on any atom is 0.0665 e. The Kier molecular flexibility index (Phi) is 4.03. The quantitative estimate of drug-likeness (QED) is 0.700. The number of hydrogen-bond acceptors (Lipinski definition) is 2. The van der Waals surface area contributed by atoms with Crippen LogP contribution in [0.3, 0.4) is 0 Å². The lowest BCUT2D eigenvalue weighted by Crippen LogP contribution is -2.14. The normalized spacial score (nSPS) is 31.4. The van der Waals surface area contributed by atoms with Gasteiger partial charge < -0.3 is 4.74 Å². The summed E-state index contributed by atoms with van der Waals surface area (Å²) in [5.74, 6) is 0.111. The Labute approximate surface area is 82.0 Å². The maximum atomic E-state index is 8.72. The zero-order valence-corrected chi connectivity index (χ0v) is 8.88. The zero-order valence-electron chi connectivity index (χ0n) is 7.29. The fourth-order valence-corrected chi connectivity index (χ4v) is 1.94. The lowest BCUT2D eigenvalue weighted by Gasteiger charge is -2.12. The molecule has 1 aliphatic rings. The first-order valence-electron chi connectivity index (χ1n) is 4.37. The van der Waals surface area contributed by atoms with Crippen LogP contribution in [0.2, 0.25) is 0 Å². The molecule has 3 atom stereocenters. The molecule has 0 aliphatic carbocycles. The highest BCUT2D eigenvalue weighted by atomic mass is 79.9. The molecule has 68 valence electrons. The number of nitrogens with zero attached hydrogens (tertiary/aromatic N) is 1. The van der Waals surface area contributed by atoms with E-state index in [1.807, 2.05) is 0 Å². The molecule has 1 heterocycles. The van der Waals surface area contributed by atoms with Crippen molar-refractivity contribution in [2.24, 2.45) is 5.92 Å². The first-order chi connectivity index (χ1) is 5.76. The van der Waals surface area contributed by atoms with Gasteiger partial charge in [0.15, 0.2) is 0 Å². The molecule has 1 aliphatic heterocycles. The fraction of sp³-hybridized carbons (Fsp3) is 0.889. The number of halogens is 1. The molecule has 12 heavy (non-hydrogen) atoms. The van der Waals surface area contributed by atoms with Crippen LogP contribution in [-0.4, -0.2) is 17.5 Å². The minimum atomic E-state index is 0.111. The van der Waals surface area contributed by atoms with Crippen LogP contribution in [0.4, 0.5) is 0 Å². The van der Waals surface area contributed by atoms with E-state index in [-0.39, 0.29) is 5.92 Å². The Balaban J connectivity index is 2.27. The van der Waals surface area contributed by atoms with Crippen LogP contribution in [0.5, 0.6) is 0 Å². The van der Waals surface area contributed by atoms with E-state index in [0.29, 0.717) is 12.2 Å². The van der Waals surface area contributed by atoms with Crippen LogP contribution in [-0.2, 0) is 4.74 Å². The molecular weight excluding hydrogens is 218 g/mol. The number of alkyl halides is 1. The molecule has 0 radical (unpaired) electrons. The van der Waals surface area contributed by atoms with Gasteiger partial charge in [0.1, 0.15) is 0 Å². The molecule has 0 bridgehead atoms. The predicted octanol–water partition coefficient (Wildman–Crippen LogP) is 2.48. The summed E-state index contributed by atoms with van der Waals surface area (Å²) in [5, 5.41) is 9.48. The number of rotatable bonds is 3. The zero-order chi connectivity index (χ0) is 8.97. The van der Waals surface area contributed by atoms with Gasteiger partial charge >= 0.3 is 0 Å². The van der Waals surface area contributed by atoms with Crippen molar-refractivity contribution in [3.05, 3.63) is 0 Å². The summed E-state index contributed by atoms with van der Waals surface area (Å²) in [6.45, 7) is 2.09. The van der Waals surface area contributed by atoms with Gasteiger partial charge in [-0.3, -0.25) is 0 Å². The number of nitriles is 1. The van der Waals surface area contributed by atoms with Crippen molar-refractivity contribution in [3.63, 3.8) is 0 Å². The SMILES string of the molecule is CC1CCC(CC(C#N)CBr)O1. The van der Waals surface area contributed by atoms with Crippen LogP contribution < -0.4 is 0 Å². The Hall–Kier alpha value is -0.0700. The molecule has 0 N–H and O–H groups in total. The van der Waals surface area contributed by atoms with E-state index in [4.69, 9.17) is 10.00 Å². The molecule has 0 saturated carbocycles. The van der Waals surface area contributed by atoms with Crippen LogP contribution in [0.15, 0.2) is 0 Å². The standard InChI is InChI=1S/C9H14BrNO/c1-7-2-3-9(12-7)4-8(5-10)6-11/h7-9H,2-5H2,1H3. The lowest BCUT2D eigenvalue weighted by atomic mass is 10.0. The summed E-state index contributed by atoms with van der Waals surface area (Å²) in [4.78, 5) is 0. The second-order valence-electron chi connectivity index (χ2n) is 3.36. The Bertz CT molecular complexity index is 178. The first kappa shape index (κ1) is 10.0. The van der Waals surface area contributed by atoms with E-state index in [2.05, 4.69) is 28.9 Å². The molecule has 0 aromatic carbocycles. The van der Waals surface area contributed by atoms with Gasteiger partial charge in [-0.05, 0) is 26.2 Å². The molecular formula is C9H14BrNO. The molecule has 1 fully saturated rings. The van der Waals surface area contributed by atoms with Gasteiger partial charge in [0.2, 0.25) is 0 Å². The van der Waals surface area contributed by atoms with Crippen LogP contribution in [0, 0.1) is 17.2 Å². The monoisotopic (exact) mass is 231 g/mol. The lowest BCUT2D eigenvalue weighted by molar-refractivity contribution is 0.0465. The van der Waals surface area contributed by atoms with E-state index in [9.17, 15) is 0 Å². The highest BCUT2D eigenvalue weighted by Crippen LogP contribution is 2.24. The number of ether oxygens (including phenoxy) is 1. The average molecular weight is 232 g/mol. The summed E-state index contributed by atoms with van der Waals surface area (Å²) in [5.41, 5.74) is 0. The highest BCUT2D eigenvalue weighted by Gasteiger charge is 2.24. The third-order valence-electron chi connectivity index (χ3n) is 2.24. The van der Waals surface area contributed by atoms with Gasteiger partial charge in [-0.25, -0.2) is 0 Å². The third-order valence-corrected chi connectivity index (χ3v) is 3.02. The van der Waals surface area contributed by atoms with Crippen LogP contribution in [0.1, 0.15) is 26.2 Å². The van der Waals surface area contributed by atoms with Gasteiger partial charge in [0.25, 0.3) is 0 Å². The molecule has 2 nitrogen and oxygen atoms in total. The van der Waals surface area contributed by atoms with Crippen molar-refractivity contribution in [1.82, 2.24) is 0 Å². The minimum Gasteiger partial charge on any atom is -0.375 e.